The summed E-state index contributed by atoms with van der Waals surface area (Å²) >= 11 is 6.19. The fourth-order valence-corrected chi connectivity index (χ4v) is 3.08. The Balaban J connectivity index is 1.99. The molecule has 20 heavy (non-hydrogen) atoms. The topological polar surface area (TPSA) is 58.4 Å². The first-order valence-electron chi connectivity index (χ1n) is 6.95. The second kappa shape index (κ2) is 6.02. The minimum absolute atomic E-state index is 0.0388. The van der Waals surface area contributed by atoms with Crippen molar-refractivity contribution < 1.29 is 4.79 Å². The molecule has 1 aliphatic rings. The van der Waals surface area contributed by atoms with E-state index in [0.29, 0.717) is 17.1 Å². The van der Waals surface area contributed by atoms with Crippen LogP contribution in [0.15, 0.2) is 18.2 Å². The van der Waals surface area contributed by atoms with Gasteiger partial charge in [0.05, 0.1) is 10.7 Å². The Kier molecular flexibility index (Phi) is 4.55. The molecule has 0 aliphatic heterocycles. The van der Waals surface area contributed by atoms with Crippen molar-refractivity contribution in [2.24, 2.45) is 5.73 Å². The summed E-state index contributed by atoms with van der Waals surface area (Å²) in [4.78, 5) is 14.0. The number of amides is 1. The van der Waals surface area contributed by atoms with Crippen molar-refractivity contribution in [1.29, 1.82) is 0 Å². The van der Waals surface area contributed by atoms with Crippen LogP contribution in [-0.4, -0.2) is 25.5 Å². The van der Waals surface area contributed by atoms with E-state index in [9.17, 15) is 4.79 Å². The third kappa shape index (κ3) is 3.64. The van der Waals surface area contributed by atoms with Crippen LogP contribution in [-0.2, 0) is 4.79 Å². The molecule has 1 aromatic carbocycles. The first-order chi connectivity index (χ1) is 9.39. The molecule has 1 aliphatic carbocycles. The predicted octanol–water partition coefficient (Wildman–Crippen LogP) is 3.01. The zero-order chi connectivity index (χ0) is 14.8. The molecule has 0 aromatic heterocycles. The molecule has 1 saturated carbocycles. The van der Waals surface area contributed by atoms with E-state index < -0.39 is 0 Å². The number of halogens is 1. The van der Waals surface area contributed by atoms with Gasteiger partial charge in [-0.15, -0.1) is 0 Å². The highest BCUT2D eigenvalue weighted by atomic mass is 35.5. The lowest BCUT2D eigenvalue weighted by molar-refractivity contribution is -0.117. The first-order valence-corrected chi connectivity index (χ1v) is 7.33. The molecule has 1 fully saturated rings. The van der Waals surface area contributed by atoms with Gasteiger partial charge >= 0.3 is 0 Å². The average Bonchev–Trinajstić information content (AvgIpc) is 2.74. The Morgan fingerprint density at radius 1 is 1.40 bits per heavy atom. The van der Waals surface area contributed by atoms with Crippen LogP contribution in [0.2, 0.25) is 5.02 Å². The van der Waals surface area contributed by atoms with Gasteiger partial charge in [-0.1, -0.05) is 24.4 Å². The van der Waals surface area contributed by atoms with Gasteiger partial charge in [0.2, 0.25) is 5.91 Å². The summed E-state index contributed by atoms with van der Waals surface area (Å²) in [6.07, 6.45) is 4.47. The molecule has 0 heterocycles. The van der Waals surface area contributed by atoms with Crippen molar-refractivity contribution in [3.63, 3.8) is 0 Å². The molecule has 4 nitrogen and oxygen atoms in total. The van der Waals surface area contributed by atoms with Gasteiger partial charge in [-0.25, -0.2) is 0 Å². The van der Waals surface area contributed by atoms with E-state index in [2.05, 4.69) is 5.32 Å². The van der Waals surface area contributed by atoms with Gasteiger partial charge in [-0.05, 0) is 31.0 Å². The fourth-order valence-electron chi connectivity index (χ4n) is 2.73. The van der Waals surface area contributed by atoms with Crippen LogP contribution in [0.25, 0.3) is 0 Å². The Morgan fingerprint density at radius 3 is 2.60 bits per heavy atom. The second-order valence-corrected chi connectivity index (χ2v) is 6.26. The van der Waals surface area contributed by atoms with Gasteiger partial charge in [-0.2, -0.15) is 0 Å². The van der Waals surface area contributed by atoms with Gasteiger partial charge in [0.15, 0.2) is 0 Å². The van der Waals surface area contributed by atoms with Gasteiger partial charge < -0.3 is 16.0 Å². The van der Waals surface area contributed by atoms with Crippen LogP contribution in [0.4, 0.5) is 11.4 Å². The van der Waals surface area contributed by atoms with Crippen LogP contribution in [0.3, 0.4) is 0 Å². The summed E-state index contributed by atoms with van der Waals surface area (Å²) in [5.41, 5.74) is 7.53. The molecule has 0 bridgehead atoms. The zero-order valence-electron chi connectivity index (χ0n) is 12.1. The first kappa shape index (κ1) is 15.1. The molecular weight excluding hydrogens is 274 g/mol. The Morgan fingerprint density at radius 2 is 2.05 bits per heavy atom. The normalized spacial score (nSPS) is 17.0. The predicted molar refractivity (Wildman–Crippen MR) is 84.4 cm³/mol. The Hall–Kier alpha value is -1.26. The maximum Gasteiger partial charge on any atom is 0.226 e. The molecule has 2 rings (SSSR count). The maximum atomic E-state index is 12.1. The number of carbonyl (C=O) groups is 1. The number of nitrogens with two attached hydrogens (primary N) is 1. The lowest BCUT2D eigenvalue weighted by atomic mass is 9.94. The molecule has 3 N–H and O–H groups in total. The van der Waals surface area contributed by atoms with Gasteiger partial charge in [0.1, 0.15) is 0 Å². The molecule has 0 unspecified atom stereocenters. The number of hydrogen-bond acceptors (Lipinski definition) is 3. The Bertz CT molecular complexity index is 496. The molecule has 1 aromatic rings. The fraction of sp³-hybridized carbons (Fsp3) is 0.533. The van der Waals surface area contributed by atoms with Gasteiger partial charge in [0, 0.05) is 31.7 Å². The number of nitrogens with zero attached hydrogens (tertiary/aromatic N) is 1. The SMILES string of the molecule is CN(C)c1ccc(NC(=O)CC2(N)CCCC2)cc1Cl. The minimum atomic E-state index is -0.322. The number of hydrogen-bond donors (Lipinski definition) is 2. The monoisotopic (exact) mass is 295 g/mol. The van der Waals surface area contributed by atoms with E-state index in [1.807, 2.05) is 31.1 Å². The molecule has 0 saturated heterocycles. The molecular formula is C15H22ClN3O. The maximum absolute atomic E-state index is 12.1. The van der Waals surface area contributed by atoms with Crippen molar-refractivity contribution >= 4 is 28.9 Å². The summed E-state index contributed by atoms with van der Waals surface area (Å²) in [6.45, 7) is 0. The van der Waals surface area contributed by atoms with E-state index in [1.54, 1.807) is 6.07 Å². The van der Waals surface area contributed by atoms with E-state index in [1.165, 1.54) is 0 Å². The largest absolute Gasteiger partial charge is 0.376 e. The van der Waals surface area contributed by atoms with Crippen LogP contribution in [0.1, 0.15) is 32.1 Å². The highest BCUT2D eigenvalue weighted by molar-refractivity contribution is 6.33. The second-order valence-electron chi connectivity index (χ2n) is 5.86. The van der Waals surface area contributed by atoms with Crippen molar-refractivity contribution in [3.05, 3.63) is 23.2 Å². The van der Waals surface area contributed by atoms with E-state index >= 15 is 0 Å². The summed E-state index contributed by atoms with van der Waals surface area (Å²) < 4.78 is 0. The Labute approximate surface area is 125 Å². The number of anilines is 2. The third-order valence-electron chi connectivity index (χ3n) is 3.83. The van der Waals surface area contributed by atoms with Crippen molar-refractivity contribution in [2.45, 2.75) is 37.6 Å². The quantitative estimate of drug-likeness (QED) is 0.898. The average molecular weight is 296 g/mol. The van der Waals surface area contributed by atoms with E-state index in [4.69, 9.17) is 17.3 Å². The highest BCUT2D eigenvalue weighted by Gasteiger charge is 2.31. The molecule has 1 amide bonds. The molecule has 5 heteroatoms. The minimum Gasteiger partial charge on any atom is -0.376 e. The smallest absolute Gasteiger partial charge is 0.226 e. The lowest BCUT2D eigenvalue weighted by Crippen LogP contribution is -2.40. The standard InChI is InChI=1S/C15H22ClN3O/c1-19(2)13-6-5-11(9-12(13)16)18-14(20)10-15(17)7-3-4-8-15/h5-6,9H,3-4,7-8,10,17H2,1-2H3,(H,18,20). The van der Waals surface area contributed by atoms with Crippen molar-refractivity contribution in [3.8, 4) is 0 Å². The highest BCUT2D eigenvalue weighted by Crippen LogP contribution is 2.31. The number of rotatable bonds is 4. The van der Waals surface area contributed by atoms with Crippen LogP contribution >= 0.6 is 11.6 Å². The third-order valence-corrected chi connectivity index (χ3v) is 4.13. The van der Waals surface area contributed by atoms with Crippen molar-refractivity contribution in [2.75, 3.05) is 24.3 Å². The van der Waals surface area contributed by atoms with Crippen LogP contribution < -0.4 is 16.0 Å². The van der Waals surface area contributed by atoms with Gasteiger partial charge in [0.25, 0.3) is 0 Å². The summed E-state index contributed by atoms with van der Waals surface area (Å²) in [7, 11) is 3.86. The van der Waals surface area contributed by atoms with Crippen molar-refractivity contribution in [1.82, 2.24) is 0 Å². The van der Waals surface area contributed by atoms with Crippen LogP contribution in [0, 0.1) is 0 Å². The van der Waals surface area contributed by atoms with Gasteiger partial charge in [-0.3, -0.25) is 4.79 Å². The van der Waals surface area contributed by atoms with E-state index in [0.717, 1.165) is 31.4 Å². The molecule has 0 spiro atoms. The van der Waals surface area contributed by atoms with Crippen LogP contribution in [0.5, 0.6) is 0 Å². The summed E-state index contributed by atoms with van der Waals surface area (Å²) in [6, 6.07) is 5.52. The number of nitrogens with one attached hydrogen (secondary N) is 1. The molecule has 110 valence electrons. The lowest BCUT2D eigenvalue weighted by Gasteiger charge is -2.22. The number of benzene rings is 1. The number of carbonyl (C=O) groups excluding carboxylic acids is 1. The molecule has 0 radical (unpaired) electrons. The summed E-state index contributed by atoms with van der Waals surface area (Å²) in [5, 5.41) is 3.50. The molecule has 0 atom stereocenters. The summed E-state index contributed by atoms with van der Waals surface area (Å²) in [5.74, 6) is -0.0388. The zero-order valence-corrected chi connectivity index (χ0v) is 12.8. The van der Waals surface area contributed by atoms with E-state index in [-0.39, 0.29) is 11.4 Å².